The first-order chi connectivity index (χ1) is 14.5. The van der Waals surface area contributed by atoms with Crippen molar-refractivity contribution in [1.82, 2.24) is 0 Å². The van der Waals surface area contributed by atoms with Gasteiger partial charge in [0.25, 0.3) is 0 Å². The number of nitrogens with zero attached hydrogens (tertiary/aromatic N) is 1. The quantitative estimate of drug-likeness (QED) is 0.615. The molecule has 0 aromatic heterocycles. The van der Waals surface area contributed by atoms with E-state index >= 15 is 0 Å². The Morgan fingerprint density at radius 2 is 1.67 bits per heavy atom. The Morgan fingerprint density at radius 3 is 2.37 bits per heavy atom. The Kier molecular flexibility index (Phi) is 5.61. The second-order valence-corrected chi connectivity index (χ2v) is 8.65. The van der Waals surface area contributed by atoms with Crippen LogP contribution >= 0.6 is 11.8 Å². The predicted octanol–water partition coefficient (Wildman–Crippen LogP) is 3.76. The molecule has 0 spiro atoms. The number of quaternary nitrogens is 1. The number of carbonyl (C=O) groups is 2. The van der Waals surface area contributed by atoms with E-state index in [0.717, 1.165) is 11.1 Å². The first-order valence-corrected chi connectivity index (χ1v) is 10.7. The van der Waals surface area contributed by atoms with Gasteiger partial charge in [-0.3, -0.25) is 4.79 Å². The van der Waals surface area contributed by atoms with Crippen molar-refractivity contribution < 1.29 is 20.4 Å². The number of hydrogen-bond acceptors (Lipinski definition) is 4. The normalized spacial score (nSPS) is 20.9. The molecular formula is C24H23N2O3S+. The van der Waals surface area contributed by atoms with Gasteiger partial charge in [-0.2, -0.15) is 0 Å². The molecule has 1 aliphatic heterocycles. The number of anilines is 1. The lowest BCUT2D eigenvalue weighted by molar-refractivity contribution is -0.384. The molecule has 3 aromatic rings. The van der Waals surface area contributed by atoms with Crippen molar-refractivity contribution in [2.45, 2.75) is 23.7 Å². The molecule has 6 heteroatoms. The minimum absolute atomic E-state index is 0.0241. The number of aromatic carboxylic acids is 1. The van der Waals surface area contributed by atoms with E-state index in [0.29, 0.717) is 11.3 Å². The van der Waals surface area contributed by atoms with Crippen molar-refractivity contribution in [2.75, 3.05) is 4.90 Å². The SMILES string of the molecule is Cc1cccc([C@H]2[C@H](C(=O)c3ccccc3)SC([NH3+])N2c2ccccc2C(=O)O)c1. The monoisotopic (exact) mass is 419 g/mol. The highest BCUT2D eigenvalue weighted by Crippen LogP contribution is 2.47. The smallest absolute Gasteiger partial charge is 0.337 e. The van der Waals surface area contributed by atoms with E-state index < -0.39 is 11.2 Å². The van der Waals surface area contributed by atoms with Gasteiger partial charge in [0.1, 0.15) is 5.25 Å². The largest absolute Gasteiger partial charge is 0.478 e. The molecule has 1 heterocycles. The van der Waals surface area contributed by atoms with E-state index in [4.69, 9.17) is 0 Å². The van der Waals surface area contributed by atoms with Gasteiger partial charge >= 0.3 is 5.97 Å². The third kappa shape index (κ3) is 3.72. The summed E-state index contributed by atoms with van der Waals surface area (Å²) in [6.45, 7) is 2.01. The Morgan fingerprint density at radius 1 is 0.967 bits per heavy atom. The molecule has 3 atom stereocenters. The van der Waals surface area contributed by atoms with Crippen molar-refractivity contribution in [3.8, 4) is 0 Å². The van der Waals surface area contributed by atoms with E-state index in [1.165, 1.54) is 11.8 Å². The maximum absolute atomic E-state index is 13.5. The summed E-state index contributed by atoms with van der Waals surface area (Å²) in [5.74, 6) is -0.973. The summed E-state index contributed by atoms with van der Waals surface area (Å²) in [6.07, 6.45) is 0. The summed E-state index contributed by atoms with van der Waals surface area (Å²) in [6, 6.07) is 23.9. The summed E-state index contributed by atoms with van der Waals surface area (Å²) in [5.41, 5.74) is 7.44. The molecule has 4 N–H and O–H groups in total. The van der Waals surface area contributed by atoms with Gasteiger partial charge in [0.15, 0.2) is 5.78 Å². The number of para-hydroxylation sites is 1. The fourth-order valence-electron chi connectivity index (χ4n) is 3.98. The zero-order chi connectivity index (χ0) is 21.3. The zero-order valence-electron chi connectivity index (χ0n) is 16.6. The first kappa shape index (κ1) is 20.2. The topological polar surface area (TPSA) is 85.3 Å². The fourth-order valence-corrected chi connectivity index (χ4v) is 5.39. The molecule has 1 unspecified atom stereocenters. The number of carboxylic acids is 1. The number of Topliss-reactive ketones (excluding diaryl/α,β-unsaturated/α-hetero) is 1. The van der Waals surface area contributed by atoms with Gasteiger partial charge in [-0.15, -0.1) is 0 Å². The van der Waals surface area contributed by atoms with Gasteiger partial charge in [-0.1, -0.05) is 84.1 Å². The highest BCUT2D eigenvalue weighted by Gasteiger charge is 2.48. The van der Waals surface area contributed by atoms with Crippen LogP contribution in [0.1, 0.15) is 37.9 Å². The van der Waals surface area contributed by atoms with E-state index in [1.54, 1.807) is 18.2 Å². The molecule has 1 aliphatic rings. The van der Waals surface area contributed by atoms with Gasteiger partial charge in [-0.25, -0.2) is 4.79 Å². The zero-order valence-corrected chi connectivity index (χ0v) is 17.4. The number of hydrogen-bond donors (Lipinski definition) is 2. The molecule has 3 aromatic carbocycles. The first-order valence-electron chi connectivity index (χ1n) is 9.72. The summed E-state index contributed by atoms with van der Waals surface area (Å²) >= 11 is 1.47. The highest BCUT2D eigenvalue weighted by atomic mass is 32.2. The molecule has 4 rings (SSSR count). The lowest BCUT2D eigenvalue weighted by atomic mass is 9.94. The summed E-state index contributed by atoms with van der Waals surface area (Å²) < 4.78 is 0. The van der Waals surface area contributed by atoms with Gasteiger partial charge in [-0.05, 0) is 24.6 Å². The molecule has 0 aliphatic carbocycles. The van der Waals surface area contributed by atoms with Crippen LogP contribution in [0.25, 0.3) is 0 Å². The van der Waals surface area contributed by atoms with Crippen LogP contribution in [-0.4, -0.2) is 27.6 Å². The van der Waals surface area contributed by atoms with E-state index in [9.17, 15) is 14.7 Å². The minimum Gasteiger partial charge on any atom is -0.478 e. The molecule has 0 bridgehead atoms. The van der Waals surface area contributed by atoms with Crippen molar-refractivity contribution in [3.05, 3.63) is 101 Å². The Labute approximate surface area is 179 Å². The maximum Gasteiger partial charge on any atom is 0.337 e. The fraction of sp³-hybridized carbons (Fsp3) is 0.167. The summed E-state index contributed by atoms with van der Waals surface area (Å²) in [7, 11) is 0. The molecule has 5 nitrogen and oxygen atoms in total. The molecule has 0 radical (unpaired) electrons. The predicted molar refractivity (Wildman–Crippen MR) is 119 cm³/mol. The lowest BCUT2D eigenvalue weighted by Gasteiger charge is -2.30. The van der Waals surface area contributed by atoms with Crippen LogP contribution in [-0.2, 0) is 0 Å². The van der Waals surface area contributed by atoms with Crippen LogP contribution in [0.15, 0.2) is 78.9 Å². The average molecular weight is 420 g/mol. The molecule has 0 saturated carbocycles. The van der Waals surface area contributed by atoms with Crippen LogP contribution in [0.4, 0.5) is 5.69 Å². The van der Waals surface area contributed by atoms with Crippen molar-refractivity contribution in [2.24, 2.45) is 0 Å². The number of carbonyl (C=O) groups excluding carboxylic acids is 1. The second kappa shape index (κ2) is 8.34. The molecular weight excluding hydrogens is 396 g/mol. The van der Waals surface area contributed by atoms with E-state index in [2.05, 4.69) is 11.8 Å². The van der Waals surface area contributed by atoms with Crippen LogP contribution in [0.2, 0.25) is 0 Å². The molecule has 152 valence electrons. The third-order valence-electron chi connectivity index (χ3n) is 5.31. The Hall–Kier alpha value is -3.09. The van der Waals surface area contributed by atoms with Gasteiger partial charge in [0, 0.05) is 5.56 Å². The number of aryl methyl sites for hydroxylation is 1. The number of thioether (sulfide) groups is 1. The highest BCUT2D eigenvalue weighted by molar-refractivity contribution is 8.01. The van der Waals surface area contributed by atoms with Crippen LogP contribution in [0, 0.1) is 6.92 Å². The second-order valence-electron chi connectivity index (χ2n) is 7.33. The maximum atomic E-state index is 13.5. The van der Waals surface area contributed by atoms with Gasteiger partial charge in [0.05, 0.1) is 17.3 Å². The third-order valence-corrected chi connectivity index (χ3v) is 6.62. The lowest BCUT2D eigenvalue weighted by Crippen LogP contribution is -2.65. The van der Waals surface area contributed by atoms with Crippen LogP contribution in [0.5, 0.6) is 0 Å². The number of benzene rings is 3. The Bertz CT molecular complexity index is 1090. The molecule has 1 fully saturated rings. The standard InChI is InChI=1S/C24H22N2O3S/c1-15-8-7-11-17(14-15)20-22(21(27)16-9-3-2-4-10-16)30-24(25)26(20)19-13-6-5-12-18(19)23(28)29/h2-14,20,22,24H,25H2,1H3,(H,28,29)/p+1/t20-,22+,24?/m0/s1. The number of ketones is 1. The van der Waals surface area contributed by atoms with Gasteiger partial charge < -0.3 is 15.7 Å². The average Bonchev–Trinajstić information content (AvgIpc) is 3.10. The summed E-state index contributed by atoms with van der Waals surface area (Å²) in [4.78, 5) is 27.3. The van der Waals surface area contributed by atoms with E-state index in [1.807, 2.05) is 66.4 Å². The summed E-state index contributed by atoms with van der Waals surface area (Å²) in [5, 5.41) is 9.34. The van der Waals surface area contributed by atoms with Crippen LogP contribution in [0.3, 0.4) is 0 Å². The molecule has 0 amide bonds. The Balaban J connectivity index is 1.85. The number of carboxylic acid groups (broad SMARTS) is 1. The van der Waals surface area contributed by atoms with E-state index in [-0.39, 0.29) is 22.9 Å². The van der Waals surface area contributed by atoms with Crippen LogP contribution < -0.4 is 10.6 Å². The molecule has 1 saturated heterocycles. The number of rotatable bonds is 5. The van der Waals surface area contributed by atoms with Crippen molar-refractivity contribution >= 4 is 29.2 Å². The minimum atomic E-state index is -0.997. The van der Waals surface area contributed by atoms with Gasteiger partial charge in [0.2, 0.25) is 5.50 Å². The van der Waals surface area contributed by atoms with Crippen molar-refractivity contribution in [3.63, 3.8) is 0 Å². The molecule has 30 heavy (non-hydrogen) atoms. The van der Waals surface area contributed by atoms with Crippen molar-refractivity contribution in [1.29, 1.82) is 0 Å².